The second-order valence-corrected chi connectivity index (χ2v) is 14.1. The Hall–Kier alpha value is -3.00. The largest absolute Gasteiger partial charge is 1.00 e. The van der Waals surface area contributed by atoms with Crippen LogP contribution in [0, 0.1) is 0 Å². The van der Waals surface area contributed by atoms with Gasteiger partial charge in [-0.05, 0) is 35.4 Å². The van der Waals surface area contributed by atoms with E-state index in [4.69, 9.17) is 0 Å². The molecule has 0 bridgehead atoms. The number of aliphatic hydroxyl groups excluding tert-OH is 2. The van der Waals surface area contributed by atoms with E-state index < -0.39 is 23.5 Å². The van der Waals surface area contributed by atoms with Crippen LogP contribution < -0.4 is 80.5 Å². The number of hydrogen-bond donors (Lipinski definition) is 6. The first-order valence-electron chi connectivity index (χ1n) is 18.3. The molecule has 2 atom stereocenters. The van der Waals surface area contributed by atoms with E-state index in [0.717, 1.165) is 65.4 Å². The zero-order valence-electron chi connectivity index (χ0n) is 30.6. The van der Waals surface area contributed by atoms with Gasteiger partial charge >= 0.3 is 5.69 Å². The second kappa shape index (κ2) is 23.8. The highest BCUT2D eigenvalue weighted by Gasteiger charge is 2.27. The molecule has 6 rings (SSSR count). The molecule has 54 heavy (non-hydrogen) atoms. The number of rotatable bonds is 14. The number of fused-ring (bicyclic) bond motifs is 1. The fraction of sp³-hybridized carbons (Fsp3) is 0.400. The minimum absolute atomic E-state index is 0. The van der Waals surface area contributed by atoms with Gasteiger partial charge in [0.15, 0.2) is 0 Å². The Bertz CT molecular complexity index is 1840. The van der Waals surface area contributed by atoms with E-state index in [9.17, 15) is 19.8 Å². The molecule has 14 heteroatoms. The summed E-state index contributed by atoms with van der Waals surface area (Å²) in [5, 5.41) is 22.8. The molecule has 2 aliphatic rings. The molecule has 3 heterocycles. The molecule has 0 spiro atoms. The van der Waals surface area contributed by atoms with Crippen molar-refractivity contribution in [1.29, 1.82) is 0 Å². The normalized spacial score (nSPS) is 21.0. The first-order valence-corrected chi connectivity index (χ1v) is 18.3. The first-order chi connectivity index (χ1) is 24.4. The first kappa shape index (κ1) is 47.2. The van der Waals surface area contributed by atoms with E-state index in [1.807, 2.05) is 42.5 Å². The number of nitrogens with zero attached hydrogens (tertiary/aromatic N) is 2. The third-order valence-electron chi connectivity index (χ3n) is 10.3. The van der Waals surface area contributed by atoms with Gasteiger partial charge in [0.1, 0.15) is 77.7 Å². The van der Waals surface area contributed by atoms with Crippen molar-refractivity contribution in [2.24, 2.45) is 0 Å². The van der Waals surface area contributed by atoms with Gasteiger partial charge in [-0.2, -0.15) is 0 Å². The number of hydrogen-bond acceptors (Lipinski definition) is 4. The van der Waals surface area contributed by atoms with E-state index in [0.29, 0.717) is 24.0 Å². The van der Waals surface area contributed by atoms with Crippen LogP contribution in [0.25, 0.3) is 23.1 Å². The molecule has 4 aromatic rings. The van der Waals surface area contributed by atoms with Crippen LogP contribution in [0.2, 0.25) is 0 Å². The van der Waals surface area contributed by atoms with Crippen LogP contribution in [0.1, 0.15) is 11.1 Å². The van der Waals surface area contributed by atoms with Gasteiger partial charge in [0.2, 0.25) is 0 Å². The van der Waals surface area contributed by atoms with E-state index in [-0.39, 0.29) is 62.7 Å². The summed E-state index contributed by atoms with van der Waals surface area (Å²) in [6, 6.07) is 27.7. The lowest BCUT2D eigenvalue weighted by Gasteiger charge is -2.30. The van der Waals surface area contributed by atoms with Crippen LogP contribution >= 0.6 is 0 Å². The van der Waals surface area contributed by atoms with E-state index in [1.54, 1.807) is 18.2 Å². The predicted molar refractivity (Wildman–Crippen MR) is 198 cm³/mol. The maximum atomic E-state index is 13.8. The van der Waals surface area contributed by atoms with Gasteiger partial charge in [0.05, 0.1) is 37.1 Å². The van der Waals surface area contributed by atoms with Gasteiger partial charge in [-0.25, -0.2) is 4.79 Å². The molecule has 1 aromatic heterocycles. The van der Waals surface area contributed by atoms with Crippen LogP contribution in [0.5, 0.6) is 0 Å². The molecular formula is C40H54Cl4N6O4. The molecule has 2 fully saturated rings. The Balaban J connectivity index is 0.00000252. The highest BCUT2D eigenvalue weighted by atomic mass is 35.5. The smallest absolute Gasteiger partial charge is 0.331 e. The summed E-state index contributed by atoms with van der Waals surface area (Å²) in [7, 11) is 0. The molecule has 296 valence electrons. The number of nitrogens with one attached hydrogen (secondary N) is 4. The van der Waals surface area contributed by atoms with Crippen molar-refractivity contribution in [2.45, 2.75) is 25.3 Å². The highest BCUT2D eigenvalue weighted by molar-refractivity contribution is 5.77. The summed E-state index contributed by atoms with van der Waals surface area (Å²) < 4.78 is 2.70. The molecular weight excluding hydrogens is 770 g/mol. The number of benzene rings is 3. The SMILES string of the molecule is O=c1c2ccccc2n(CC(O)C[NH+]2CC[NH+](C/C=C/c3ccccc3)CC2)c(=O)n1CC(O)C[NH+]1CC[NH+](C/C=C/c2ccccc2)CC1.[Cl-].[Cl-].[Cl-].[Cl-]. The summed E-state index contributed by atoms with van der Waals surface area (Å²) in [5.74, 6) is 0. The Labute approximate surface area is 343 Å². The van der Waals surface area contributed by atoms with Crippen molar-refractivity contribution in [1.82, 2.24) is 9.13 Å². The molecule has 10 nitrogen and oxygen atoms in total. The molecule has 0 saturated carbocycles. The van der Waals surface area contributed by atoms with E-state index in [1.165, 1.54) is 39.9 Å². The van der Waals surface area contributed by atoms with Crippen molar-refractivity contribution >= 4 is 23.1 Å². The van der Waals surface area contributed by atoms with Crippen LogP contribution in [-0.4, -0.2) is 110 Å². The molecule has 0 aliphatic carbocycles. The highest BCUT2D eigenvalue weighted by Crippen LogP contribution is 2.08. The summed E-state index contributed by atoms with van der Waals surface area (Å²) >= 11 is 0. The van der Waals surface area contributed by atoms with Crippen molar-refractivity contribution < 1.29 is 79.4 Å². The van der Waals surface area contributed by atoms with Gasteiger partial charge in [-0.15, -0.1) is 0 Å². The Morgan fingerprint density at radius 1 is 0.537 bits per heavy atom. The topological polar surface area (TPSA) is 102 Å². The summed E-state index contributed by atoms with van der Waals surface area (Å²) in [6.07, 6.45) is 7.23. The molecule has 0 amide bonds. The minimum atomic E-state index is -0.833. The Morgan fingerprint density at radius 3 is 1.39 bits per heavy atom. The zero-order valence-corrected chi connectivity index (χ0v) is 33.6. The maximum absolute atomic E-state index is 13.8. The molecule has 0 radical (unpaired) electrons. The van der Waals surface area contributed by atoms with Crippen LogP contribution in [-0.2, 0) is 13.1 Å². The second-order valence-electron chi connectivity index (χ2n) is 14.1. The molecule has 6 N–H and O–H groups in total. The number of quaternary nitrogens is 4. The van der Waals surface area contributed by atoms with E-state index in [2.05, 4.69) is 48.6 Å². The summed E-state index contributed by atoms with van der Waals surface area (Å²) in [5.41, 5.74) is 2.07. The molecule has 2 unspecified atom stereocenters. The van der Waals surface area contributed by atoms with Gasteiger partial charge in [0.25, 0.3) is 5.56 Å². The molecule has 2 aliphatic heterocycles. The number of para-hydroxylation sites is 1. The standard InChI is InChI=1S/C40H50N6O4.4ClH/c47-35(29-43-25-21-41(22-26-43)19-9-15-33-11-3-1-4-12-33)31-45-38-18-8-7-17-37(38)39(49)46(40(45)50)32-36(48)30-44-27-23-42(24-28-44)20-10-16-34-13-5-2-6-14-34;;;;/h1-18,35-36,47-48H,19-32H2;4*1H/b15-9+,16-10+;;;;. The van der Waals surface area contributed by atoms with E-state index >= 15 is 0 Å². The van der Waals surface area contributed by atoms with Crippen LogP contribution in [0.3, 0.4) is 0 Å². The average Bonchev–Trinajstić information content (AvgIpc) is 3.14. The third kappa shape index (κ3) is 13.3. The number of piperazine rings is 2. The van der Waals surface area contributed by atoms with Gasteiger partial charge in [0, 0.05) is 0 Å². The fourth-order valence-corrected chi connectivity index (χ4v) is 7.51. The minimum Gasteiger partial charge on any atom is -1.00 e. The van der Waals surface area contributed by atoms with Crippen molar-refractivity contribution in [3.05, 3.63) is 129 Å². The summed E-state index contributed by atoms with van der Waals surface area (Å²) in [4.78, 5) is 33.0. The number of aromatic nitrogens is 2. The van der Waals surface area contributed by atoms with Gasteiger partial charge < -0.3 is 79.4 Å². The van der Waals surface area contributed by atoms with Crippen molar-refractivity contribution in [3.63, 3.8) is 0 Å². The molecule has 3 aromatic carbocycles. The Kier molecular flexibility index (Phi) is 20.8. The van der Waals surface area contributed by atoms with Crippen molar-refractivity contribution in [3.8, 4) is 0 Å². The van der Waals surface area contributed by atoms with Gasteiger partial charge in [-0.3, -0.25) is 13.9 Å². The van der Waals surface area contributed by atoms with Crippen LogP contribution in [0.4, 0.5) is 0 Å². The molecule has 2 saturated heterocycles. The number of aliphatic hydroxyl groups is 2. The predicted octanol–water partition coefficient (Wildman–Crippen LogP) is -15.1. The lowest BCUT2D eigenvalue weighted by Crippen LogP contribution is -3.28. The lowest BCUT2D eigenvalue weighted by atomic mass is 10.2. The monoisotopic (exact) mass is 822 g/mol. The third-order valence-corrected chi connectivity index (χ3v) is 10.3. The Morgan fingerprint density at radius 2 is 0.926 bits per heavy atom. The maximum Gasteiger partial charge on any atom is 0.331 e. The lowest BCUT2D eigenvalue weighted by molar-refractivity contribution is -1.01. The fourth-order valence-electron chi connectivity index (χ4n) is 7.51. The van der Waals surface area contributed by atoms with Gasteiger partial charge in [-0.1, -0.05) is 84.9 Å². The number of halogens is 4. The van der Waals surface area contributed by atoms with Crippen LogP contribution in [0.15, 0.2) is 107 Å². The zero-order chi connectivity index (χ0) is 34.7. The average molecular weight is 825 g/mol. The quantitative estimate of drug-likeness (QED) is 0.0762. The summed E-state index contributed by atoms with van der Waals surface area (Å²) in [6.45, 7) is 10.8. The van der Waals surface area contributed by atoms with Crippen molar-refractivity contribution in [2.75, 3.05) is 78.5 Å².